The molecule has 0 spiro atoms. The van der Waals surface area contributed by atoms with Crippen molar-refractivity contribution in [2.75, 3.05) is 31.8 Å². The molecule has 224 valence electrons. The molecule has 2 aliphatic heterocycles. The number of hydrogen-bond donors (Lipinski definition) is 0. The second-order valence-electron chi connectivity index (χ2n) is 9.91. The van der Waals surface area contributed by atoms with E-state index in [9.17, 15) is 19.2 Å². The summed E-state index contributed by atoms with van der Waals surface area (Å²) in [6.45, 7) is 4.19. The van der Waals surface area contributed by atoms with E-state index in [1.807, 2.05) is 31.2 Å². The fraction of sp³-hybridized carbons (Fsp3) is 0.219. The van der Waals surface area contributed by atoms with Crippen molar-refractivity contribution in [2.24, 2.45) is 4.99 Å². The molecule has 0 bridgehead atoms. The third-order valence-corrected chi connectivity index (χ3v) is 8.39. The van der Waals surface area contributed by atoms with Crippen molar-refractivity contribution in [3.8, 4) is 5.75 Å². The largest absolute Gasteiger partial charge is 0.460 e. The SMILES string of the molecule is CCN1C(=O)C(=c2sc3n(c2=O)C(c2ccc(OC(=O)c4ccco4)cc2)C(C(=O)OCCOC)=C(C)N=3)c2ccccc21. The molecule has 6 rings (SSSR count). The Morgan fingerprint density at radius 2 is 1.77 bits per heavy atom. The molecule has 0 N–H and O–H groups in total. The first kappa shape index (κ1) is 29.0. The van der Waals surface area contributed by atoms with Crippen LogP contribution in [0.5, 0.6) is 5.75 Å². The third-order valence-electron chi connectivity index (χ3n) is 7.33. The summed E-state index contributed by atoms with van der Waals surface area (Å²) in [6, 6.07) is 15.9. The number of allylic oxidation sites excluding steroid dienone is 1. The van der Waals surface area contributed by atoms with E-state index in [1.54, 1.807) is 42.2 Å². The van der Waals surface area contributed by atoms with E-state index in [4.69, 9.17) is 18.6 Å². The molecule has 1 amide bonds. The maximum Gasteiger partial charge on any atom is 0.379 e. The molecule has 2 aromatic carbocycles. The van der Waals surface area contributed by atoms with E-state index in [2.05, 4.69) is 4.99 Å². The molecule has 0 aliphatic carbocycles. The fourth-order valence-corrected chi connectivity index (χ4v) is 6.46. The molecule has 2 aliphatic rings. The molecule has 0 saturated carbocycles. The molecule has 0 saturated heterocycles. The van der Waals surface area contributed by atoms with Gasteiger partial charge in [-0.1, -0.05) is 41.7 Å². The first-order valence-electron chi connectivity index (χ1n) is 13.8. The summed E-state index contributed by atoms with van der Waals surface area (Å²) in [6.07, 6.45) is 1.37. The van der Waals surface area contributed by atoms with Crippen LogP contribution in [0.25, 0.3) is 5.57 Å². The number of methoxy groups -OCH3 is 1. The van der Waals surface area contributed by atoms with Gasteiger partial charge in [-0.15, -0.1) is 0 Å². The summed E-state index contributed by atoms with van der Waals surface area (Å²) in [4.78, 5) is 60.2. The molecule has 0 fully saturated rings. The number of likely N-dealkylation sites (N-methyl/N-ethyl adjacent to an activating group) is 1. The van der Waals surface area contributed by atoms with Crippen LogP contribution in [-0.4, -0.2) is 49.3 Å². The Balaban J connectivity index is 1.49. The summed E-state index contributed by atoms with van der Waals surface area (Å²) in [5.41, 5.74) is 2.32. The van der Waals surface area contributed by atoms with Crippen LogP contribution >= 0.6 is 11.3 Å². The minimum atomic E-state index is -0.931. The number of thiazole rings is 1. The maximum atomic E-state index is 14.3. The van der Waals surface area contributed by atoms with Gasteiger partial charge in [-0.2, -0.15) is 0 Å². The smallest absolute Gasteiger partial charge is 0.379 e. The highest BCUT2D eigenvalue weighted by atomic mass is 32.1. The lowest BCUT2D eigenvalue weighted by Gasteiger charge is -2.25. The topological polar surface area (TPSA) is 130 Å². The number of amides is 1. The van der Waals surface area contributed by atoms with Gasteiger partial charge in [0.25, 0.3) is 11.5 Å². The van der Waals surface area contributed by atoms with Crippen molar-refractivity contribution in [2.45, 2.75) is 19.9 Å². The van der Waals surface area contributed by atoms with E-state index in [0.717, 1.165) is 17.0 Å². The predicted molar refractivity (Wildman–Crippen MR) is 160 cm³/mol. The van der Waals surface area contributed by atoms with Gasteiger partial charge in [0.1, 0.15) is 16.9 Å². The van der Waals surface area contributed by atoms with Gasteiger partial charge in [-0.05, 0) is 49.7 Å². The standard InChI is InChI=1S/C32H27N3O8S/c1-4-34-22-9-6-5-8-21(22)25(28(34)36)27-29(37)35-26(24(18(2)33-32(35)44-27)31(39)42-17-16-40-3)19-11-13-20(14-12-19)43-30(38)23-10-7-15-41-23/h5-15,26H,4,16-17H2,1-3H3. The van der Waals surface area contributed by atoms with Gasteiger partial charge >= 0.3 is 11.9 Å². The van der Waals surface area contributed by atoms with Crippen molar-refractivity contribution in [3.63, 3.8) is 0 Å². The van der Waals surface area contributed by atoms with E-state index < -0.39 is 23.5 Å². The Morgan fingerprint density at radius 1 is 1.00 bits per heavy atom. The number of esters is 2. The Hall–Kier alpha value is -5.07. The molecule has 44 heavy (non-hydrogen) atoms. The molecule has 1 unspecified atom stereocenters. The highest BCUT2D eigenvalue weighted by Crippen LogP contribution is 2.35. The summed E-state index contributed by atoms with van der Waals surface area (Å²) in [5, 5.41) is 0. The van der Waals surface area contributed by atoms with Crippen LogP contribution in [0, 0.1) is 0 Å². The van der Waals surface area contributed by atoms with Crippen molar-refractivity contribution in [1.82, 2.24) is 4.57 Å². The third kappa shape index (κ3) is 4.97. The summed E-state index contributed by atoms with van der Waals surface area (Å²) in [5.74, 6) is -1.31. The van der Waals surface area contributed by atoms with Gasteiger partial charge in [-0.25, -0.2) is 14.6 Å². The number of para-hydroxylation sites is 1. The van der Waals surface area contributed by atoms with Gasteiger partial charge in [-0.3, -0.25) is 14.2 Å². The van der Waals surface area contributed by atoms with Crippen molar-refractivity contribution >= 4 is 40.4 Å². The number of fused-ring (bicyclic) bond motifs is 2. The van der Waals surface area contributed by atoms with E-state index in [-0.39, 0.29) is 40.7 Å². The normalized spacial score (nSPS) is 16.8. The maximum absolute atomic E-state index is 14.3. The number of rotatable bonds is 8. The van der Waals surface area contributed by atoms with Gasteiger partial charge in [0.15, 0.2) is 4.80 Å². The van der Waals surface area contributed by atoms with Crippen LogP contribution in [0.4, 0.5) is 5.69 Å². The van der Waals surface area contributed by atoms with Crippen LogP contribution in [-0.2, 0) is 19.1 Å². The molecule has 1 atom stereocenters. The molecule has 4 aromatic rings. The van der Waals surface area contributed by atoms with E-state index in [1.165, 1.54) is 24.0 Å². The Labute approximate surface area is 254 Å². The quantitative estimate of drug-likeness (QED) is 0.169. The Kier molecular flexibility index (Phi) is 7.85. The van der Waals surface area contributed by atoms with Gasteiger partial charge in [0.2, 0.25) is 5.76 Å². The molecule has 0 radical (unpaired) electrons. The van der Waals surface area contributed by atoms with Crippen LogP contribution in [0.2, 0.25) is 0 Å². The first-order chi connectivity index (χ1) is 21.3. The van der Waals surface area contributed by atoms with Crippen molar-refractivity contribution in [1.29, 1.82) is 0 Å². The lowest BCUT2D eigenvalue weighted by Crippen LogP contribution is -2.41. The lowest BCUT2D eigenvalue weighted by molar-refractivity contribution is -0.140. The number of aromatic nitrogens is 1. The highest BCUT2D eigenvalue weighted by molar-refractivity contribution is 7.07. The minimum Gasteiger partial charge on any atom is -0.460 e. The average molecular weight is 614 g/mol. The number of ether oxygens (including phenoxy) is 3. The molecule has 12 heteroatoms. The first-order valence-corrected chi connectivity index (χ1v) is 14.6. The van der Waals surface area contributed by atoms with Crippen LogP contribution in [0.15, 0.2) is 92.4 Å². The van der Waals surface area contributed by atoms with Crippen LogP contribution in [0.1, 0.15) is 41.6 Å². The van der Waals surface area contributed by atoms with Crippen LogP contribution < -0.4 is 24.5 Å². The van der Waals surface area contributed by atoms with E-state index in [0.29, 0.717) is 33.7 Å². The molecular formula is C32H27N3O8S. The Bertz CT molecular complexity index is 1990. The number of furan rings is 1. The molecule has 4 heterocycles. The predicted octanol–water partition coefficient (Wildman–Crippen LogP) is 2.97. The van der Waals surface area contributed by atoms with Crippen molar-refractivity contribution in [3.05, 3.63) is 115 Å². The number of hydrogen-bond acceptors (Lipinski definition) is 10. The number of nitrogens with zero attached hydrogens (tertiary/aromatic N) is 3. The molecule has 2 aromatic heterocycles. The fourth-order valence-electron chi connectivity index (χ4n) is 5.33. The number of benzene rings is 2. The van der Waals surface area contributed by atoms with Crippen LogP contribution in [0.3, 0.4) is 0 Å². The van der Waals surface area contributed by atoms with Gasteiger partial charge in [0, 0.05) is 19.2 Å². The summed E-state index contributed by atoms with van der Waals surface area (Å²) in [7, 11) is 1.50. The average Bonchev–Trinajstić information content (AvgIpc) is 3.73. The lowest BCUT2D eigenvalue weighted by atomic mass is 9.96. The minimum absolute atomic E-state index is 0.00715. The zero-order chi connectivity index (χ0) is 31.0. The number of carbonyl (C=O) groups is 3. The number of anilines is 1. The zero-order valence-corrected chi connectivity index (χ0v) is 24.9. The molecular weight excluding hydrogens is 586 g/mol. The highest BCUT2D eigenvalue weighted by Gasteiger charge is 2.37. The molecule has 11 nitrogen and oxygen atoms in total. The monoisotopic (exact) mass is 613 g/mol. The second kappa shape index (κ2) is 11.9. The number of carbonyl (C=O) groups excluding carboxylic acids is 3. The summed E-state index contributed by atoms with van der Waals surface area (Å²) >= 11 is 1.10. The van der Waals surface area contributed by atoms with Gasteiger partial charge in [0.05, 0.1) is 41.4 Å². The second-order valence-corrected chi connectivity index (χ2v) is 10.9. The zero-order valence-electron chi connectivity index (χ0n) is 24.1. The Morgan fingerprint density at radius 3 is 2.48 bits per heavy atom. The van der Waals surface area contributed by atoms with Crippen molar-refractivity contribution < 1.29 is 33.0 Å². The summed E-state index contributed by atoms with van der Waals surface area (Å²) < 4.78 is 22.7. The van der Waals surface area contributed by atoms with Gasteiger partial charge < -0.3 is 23.5 Å². The van der Waals surface area contributed by atoms with E-state index >= 15 is 0 Å².